The number of morpholine rings is 1. The molecule has 7 nitrogen and oxygen atoms in total. The van der Waals surface area contributed by atoms with Gasteiger partial charge in [-0.1, -0.05) is 0 Å². The van der Waals surface area contributed by atoms with Gasteiger partial charge in [-0.2, -0.15) is 4.31 Å². The first-order valence-electron chi connectivity index (χ1n) is 6.68. The van der Waals surface area contributed by atoms with Gasteiger partial charge in [0.15, 0.2) is 0 Å². The van der Waals surface area contributed by atoms with Crippen molar-refractivity contribution in [3.63, 3.8) is 0 Å². The average molecular weight is 332 g/mol. The Labute approximate surface area is 126 Å². The van der Waals surface area contributed by atoms with Crippen LogP contribution in [0.25, 0.3) is 0 Å². The Bertz CT molecular complexity index is 661. The molecule has 0 atom stereocenters. The maximum atomic E-state index is 12.7. The number of aromatic carboxylic acids is 1. The molecule has 0 aliphatic carbocycles. The molecule has 3 rings (SSSR count). The highest BCUT2D eigenvalue weighted by Gasteiger charge is 2.36. The second-order valence-corrected chi connectivity index (χ2v) is 8.15. The first kappa shape index (κ1) is 14.9. The van der Waals surface area contributed by atoms with Crippen LogP contribution in [0.2, 0.25) is 0 Å². The first-order chi connectivity index (χ1) is 10.0. The van der Waals surface area contributed by atoms with Crippen molar-refractivity contribution in [2.24, 2.45) is 0 Å². The number of hydrogen-bond acceptors (Lipinski definition) is 6. The molecule has 0 bridgehead atoms. The molecule has 9 heteroatoms. The van der Waals surface area contributed by atoms with E-state index in [9.17, 15) is 18.3 Å². The van der Waals surface area contributed by atoms with Gasteiger partial charge in [0.1, 0.15) is 4.21 Å². The fourth-order valence-electron chi connectivity index (χ4n) is 2.61. The zero-order valence-corrected chi connectivity index (χ0v) is 12.9. The van der Waals surface area contributed by atoms with E-state index in [0.29, 0.717) is 38.3 Å². The molecule has 0 radical (unpaired) electrons. The standard InChI is InChI=1S/C12H16N2O5S2/c15-11(16)10-8-1-2-13-7-9(8)20-12(10)21(17,18)14-3-5-19-6-4-14/h13H,1-7H2,(H,15,16). The summed E-state index contributed by atoms with van der Waals surface area (Å²) in [6.07, 6.45) is 0.548. The maximum Gasteiger partial charge on any atom is 0.338 e. The van der Waals surface area contributed by atoms with E-state index in [1.54, 1.807) is 0 Å². The van der Waals surface area contributed by atoms with Crippen molar-refractivity contribution < 1.29 is 23.1 Å². The molecule has 1 fully saturated rings. The van der Waals surface area contributed by atoms with Crippen LogP contribution in [0, 0.1) is 0 Å². The lowest BCUT2D eigenvalue weighted by molar-refractivity contribution is 0.0689. The minimum absolute atomic E-state index is 0.0365. The lowest BCUT2D eigenvalue weighted by atomic mass is 10.1. The molecule has 1 saturated heterocycles. The quantitative estimate of drug-likeness (QED) is 0.816. The number of carboxylic acids is 1. The van der Waals surface area contributed by atoms with E-state index in [1.165, 1.54) is 4.31 Å². The van der Waals surface area contributed by atoms with Crippen LogP contribution in [0.15, 0.2) is 4.21 Å². The lowest BCUT2D eigenvalue weighted by Crippen LogP contribution is -2.40. The number of carboxylic acid groups (broad SMARTS) is 1. The number of thiophene rings is 1. The number of rotatable bonds is 3. The summed E-state index contributed by atoms with van der Waals surface area (Å²) in [6.45, 7) is 2.41. The van der Waals surface area contributed by atoms with E-state index in [4.69, 9.17) is 4.74 Å². The van der Waals surface area contributed by atoms with Crippen LogP contribution in [-0.4, -0.2) is 56.6 Å². The summed E-state index contributed by atoms with van der Waals surface area (Å²) in [5.41, 5.74) is 0.626. The highest BCUT2D eigenvalue weighted by atomic mass is 32.2. The highest BCUT2D eigenvalue weighted by molar-refractivity contribution is 7.91. The van der Waals surface area contributed by atoms with Gasteiger partial charge in [0.25, 0.3) is 10.0 Å². The van der Waals surface area contributed by atoms with Gasteiger partial charge >= 0.3 is 5.97 Å². The van der Waals surface area contributed by atoms with Gasteiger partial charge in [0.2, 0.25) is 0 Å². The van der Waals surface area contributed by atoms with E-state index < -0.39 is 16.0 Å². The smallest absolute Gasteiger partial charge is 0.338 e. The largest absolute Gasteiger partial charge is 0.478 e. The van der Waals surface area contributed by atoms with E-state index in [1.807, 2.05) is 0 Å². The molecule has 1 aromatic rings. The van der Waals surface area contributed by atoms with Crippen LogP contribution >= 0.6 is 11.3 Å². The van der Waals surface area contributed by atoms with Gasteiger partial charge in [0, 0.05) is 24.5 Å². The van der Waals surface area contributed by atoms with Gasteiger partial charge in [-0.25, -0.2) is 13.2 Å². The predicted octanol–water partition coefficient (Wildman–Crippen LogP) is 0.113. The second kappa shape index (κ2) is 5.65. The number of fused-ring (bicyclic) bond motifs is 1. The monoisotopic (exact) mass is 332 g/mol. The van der Waals surface area contributed by atoms with Gasteiger partial charge in [-0.15, -0.1) is 11.3 Å². The summed E-state index contributed by atoms with van der Waals surface area (Å²) in [7, 11) is -3.77. The number of hydrogen-bond donors (Lipinski definition) is 2. The molecule has 0 saturated carbocycles. The number of carbonyl (C=O) groups is 1. The predicted molar refractivity (Wildman–Crippen MR) is 76.3 cm³/mol. The Kier molecular flexibility index (Phi) is 4.02. The molecule has 2 aliphatic rings. The molecule has 21 heavy (non-hydrogen) atoms. The molecule has 0 amide bonds. The van der Waals surface area contributed by atoms with Gasteiger partial charge in [-0.05, 0) is 18.5 Å². The van der Waals surface area contributed by atoms with Crippen molar-refractivity contribution in [1.29, 1.82) is 0 Å². The molecule has 0 aromatic carbocycles. The number of nitrogens with zero attached hydrogens (tertiary/aromatic N) is 1. The number of ether oxygens (including phenoxy) is 1. The molecular formula is C12H16N2O5S2. The fourth-order valence-corrected chi connectivity index (χ4v) is 6.02. The summed E-state index contributed by atoms with van der Waals surface area (Å²) < 4.78 is 31.9. The van der Waals surface area contributed by atoms with Crippen LogP contribution in [0.5, 0.6) is 0 Å². The zero-order valence-electron chi connectivity index (χ0n) is 11.3. The van der Waals surface area contributed by atoms with E-state index in [0.717, 1.165) is 16.2 Å². The Balaban J connectivity index is 2.08. The lowest BCUT2D eigenvalue weighted by Gasteiger charge is -2.25. The van der Waals surface area contributed by atoms with Crippen molar-refractivity contribution in [2.45, 2.75) is 17.2 Å². The topological polar surface area (TPSA) is 95.9 Å². The van der Waals surface area contributed by atoms with Crippen molar-refractivity contribution >= 4 is 27.3 Å². The average Bonchev–Trinajstić information content (AvgIpc) is 2.88. The van der Waals surface area contributed by atoms with Crippen molar-refractivity contribution in [1.82, 2.24) is 9.62 Å². The highest BCUT2D eigenvalue weighted by Crippen LogP contribution is 2.36. The van der Waals surface area contributed by atoms with E-state index in [2.05, 4.69) is 5.32 Å². The minimum atomic E-state index is -3.77. The summed E-state index contributed by atoms with van der Waals surface area (Å²) in [5.74, 6) is -1.17. The molecule has 2 N–H and O–H groups in total. The van der Waals surface area contributed by atoms with Gasteiger partial charge in [0.05, 0.1) is 18.8 Å². The molecule has 2 aliphatic heterocycles. The second-order valence-electron chi connectivity index (χ2n) is 4.91. The van der Waals surface area contributed by atoms with Crippen LogP contribution in [-0.2, 0) is 27.7 Å². The number of nitrogens with one attached hydrogen (secondary N) is 1. The fraction of sp³-hybridized carbons (Fsp3) is 0.583. The van der Waals surface area contributed by atoms with E-state index >= 15 is 0 Å². The third kappa shape index (κ3) is 2.59. The molecule has 116 valence electrons. The summed E-state index contributed by atoms with van der Waals surface area (Å²) >= 11 is 1.08. The molecule has 1 aromatic heterocycles. The SMILES string of the molecule is O=C(O)c1c(S(=O)(=O)N2CCOCC2)sc2c1CCNC2. The Hall–Kier alpha value is -1.00. The zero-order chi connectivity index (χ0) is 15.0. The normalized spacial score (nSPS) is 20.2. The van der Waals surface area contributed by atoms with Crippen LogP contribution < -0.4 is 5.32 Å². The maximum absolute atomic E-state index is 12.7. The first-order valence-corrected chi connectivity index (χ1v) is 8.94. The molecule has 0 spiro atoms. The van der Waals surface area contributed by atoms with Gasteiger partial charge in [-0.3, -0.25) is 0 Å². The van der Waals surface area contributed by atoms with Crippen LogP contribution in [0.4, 0.5) is 0 Å². The summed E-state index contributed by atoms with van der Waals surface area (Å²) in [4.78, 5) is 12.4. The Morgan fingerprint density at radius 1 is 1.33 bits per heavy atom. The molecule has 3 heterocycles. The van der Waals surface area contributed by atoms with Crippen molar-refractivity contribution in [3.8, 4) is 0 Å². The van der Waals surface area contributed by atoms with Crippen LogP contribution in [0.1, 0.15) is 20.8 Å². The third-order valence-electron chi connectivity index (χ3n) is 3.65. The molecule has 0 unspecified atom stereocenters. The molecular weight excluding hydrogens is 316 g/mol. The van der Waals surface area contributed by atoms with Gasteiger partial charge < -0.3 is 15.2 Å². The Morgan fingerprint density at radius 3 is 2.71 bits per heavy atom. The van der Waals surface area contributed by atoms with E-state index in [-0.39, 0.29) is 22.9 Å². The number of sulfonamides is 1. The third-order valence-corrected chi connectivity index (χ3v) is 7.28. The van der Waals surface area contributed by atoms with Crippen molar-refractivity contribution in [3.05, 3.63) is 16.0 Å². The summed E-state index contributed by atoms with van der Waals surface area (Å²) in [5, 5.41) is 12.6. The van der Waals surface area contributed by atoms with Crippen molar-refractivity contribution in [2.75, 3.05) is 32.8 Å². The summed E-state index contributed by atoms with van der Waals surface area (Å²) in [6, 6.07) is 0. The van der Waals surface area contributed by atoms with Crippen LogP contribution in [0.3, 0.4) is 0 Å². The minimum Gasteiger partial charge on any atom is -0.478 e. The Morgan fingerprint density at radius 2 is 2.05 bits per heavy atom.